The third kappa shape index (κ3) is 2.94. The summed E-state index contributed by atoms with van der Waals surface area (Å²) < 4.78 is 19.1. The molecule has 0 aromatic heterocycles. The quantitative estimate of drug-likeness (QED) is 0.679. The molecule has 2 rings (SSSR count). The Morgan fingerprint density at radius 1 is 1.35 bits per heavy atom. The molecule has 0 aliphatic rings. The molecule has 2 aromatic carbocycles. The second kappa shape index (κ2) is 5.98. The molecular formula is C13H10BrFN2O3. The van der Waals surface area contributed by atoms with E-state index in [1.807, 2.05) is 0 Å². The predicted octanol–water partition coefficient (Wildman–Crippen LogP) is 3.75. The van der Waals surface area contributed by atoms with Crippen molar-refractivity contribution in [2.75, 3.05) is 0 Å². The van der Waals surface area contributed by atoms with Gasteiger partial charge in [-0.1, -0.05) is 6.07 Å². The second-order valence-corrected chi connectivity index (χ2v) is 4.76. The molecule has 20 heavy (non-hydrogen) atoms. The lowest BCUT2D eigenvalue weighted by Crippen LogP contribution is -2.01. The molecule has 2 aromatic rings. The zero-order chi connectivity index (χ0) is 14.7. The highest BCUT2D eigenvalue weighted by atomic mass is 79.9. The summed E-state index contributed by atoms with van der Waals surface area (Å²) in [7, 11) is 0. The molecule has 2 N–H and O–H groups in total. The number of nitro benzene ring substituents is 1. The first-order valence-corrected chi connectivity index (χ1v) is 6.41. The highest BCUT2D eigenvalue weighted by Gasteiger charge is 2.19. The SMILES string of the molecule is NCc1cc(F)ccc1Oc1c(Br)cccc1[N+](=O)[O-]. The number of halogens is 2. The summed E-state index contributed by atoms with van der Waals surface area (Å²) in [6.45, 7) is 0.0609. The van der Waals surface area contributed by atoms with Crippen LogP contribution in [-0.4, -0.2) is 4.92 Å². The maximum atomic E-state index is 13.1. The van der Waals surface area contributed by atoms with Crippen molar-refractivity contribution >= 4 is 21.6 Å². The van der Waals surface area contributed by atoms with Gasteiger partial charge < -0.3 is 10.5 Å². The Hall–Kier alpha value is -1.99. The van der Waals surface area contributed by atoms with Gasteiger partial charge in [0.25, 0.3) is 0 Å². The molecule has 0 fully saturated rings. The van der Waals surface area contributed by atoms with Crippen LogP contribution in [0.2, 0.25) is 0 Å². The second-order valence-electron chi connectivity index (χ2n) is 3.90. The van der Waals surface area contributed by atoms with Gasteiger partial charge in [0.2, 0.25) is 5.75 Å². The average Bonchev–Trinajstić information content (AvgIpc) is 2.42. The third-order valence-electron chi connectivity index (χ3n) is 2.60. The zero-order valence-corrected chi connectivity index (χ0v) is 11.8. The fourth-order valence-electron chi connectivity index (χ4n) is 1.66. The van der Waals surface area contributed by atoms with Crippen LogP contribution in [0, 0.1) is 15.9 Å². The first kappa shape index (κ1) is 14.4. The van der Waals surface area contributed by atoms with Crippen molar-refractivity contribution in [1.29, 1.82) is 0 Å². The lowest BCUT2D eigenvalue weighted by Gasteiger charge is -2.11. The van der Waals surface area contributed by atoms with E-state index in [-0.39, 0.29) is 23.7 Å². The minimum Gasteiger partial charge on any atom is -0.449 e. The van der Waals surface area contributed by atoms with Crippen LogP contribution < -0.4 is 10.5 Å². The first-order chi connectivity index (χ1) is 9.52. The Morgan fingerprint density at radius 3 is 2.75 bits per heavy atom. The summed E-state index contributed by atoms with van der Waals surface area (Å²) >= 11 is 3.20. The topological polar surface area (TPSA) is 78.4 Å². The molecule has 104 valence electrons. The van der Waals surface area contributed by atoms with Crippen molar-refractivity contribution in [2.45, 2.75) is 6.54 Å². The maximum absolute atomic E-state index is 13.1. The fourth-order valence-corrected chi connectivity index (χ4v) is 2.10. The first-order valence-electron chi connectivity index (χ1n) is 5.62. The monoisotopic (exact) mass is 340 g/mol. The van der Waals surface area contributed by atoms with Crippen LogP contribution in [0.15, 0.2) is 40.9 Å². The number of hydrogen-bond acceptors (Lipinski definition) is 4. The molecule has 0 radical (unpaired) electrons. The van der Waals surface area contributed by atoms with E-state index in [4.69, 9.17) is 10.5 Å². The van der Waals surface area contributed by atoms with Crippen LogP contribution in [-0.2, 0) is 6.54 Å². The summed E-state index contributed by atoms with van der Waals surface area (Å²) in [4.78, 5) is 10.4. The molecule has 7 heteroatoms. The van der Waals surface area contributed by atoms with Crippen molar-refractivity contribution in [3.63, 3.8) is 0 Å². The molecule has 0 amide bonds. The summed E-state index contributed by atoms with van der Waals surface area (Å²) in [5.74, 6) is -0.109. The van der Waals surface area contributed by atoms with Crippen molar-refractivity contribution < 1.29 is 14.1 Å². The normalized spacial score (nSPS) is 10.3. The van der Waals surface area contributed by atoms with Crippen molar-refractivity contribution in [2.24, 2.45) is 5.73 Å². The molecule has 0 unspecified atom stereocenters. The molecule has 0 bridgehead atoms. The molecule has 0 aliphatic heterocycles. The molecule has 0 heterocycles. The highest BCUT2D eigenvalue weighted by Crippen LogP contribution is 2.38. The Balaban J connectivity index is 2.47. The Labute approximate surface area is 122 Å². The van der Waals surface area contributed by atoms with Gasteiger partial charge in [-0.3, -0.25) is 10.1 Å². The van der Waals surface area contributed by atoms with Crippen LogP contribution in [0.4, 0.5) is 10.1 Å². The summed E-state index contributed by atoms with van der Waals surface area (Å²) in [6, 6.07) is 8.30. The van der Waals surface area contributed by atoms with E-state index in [0.717, 1.165) is 0 Å². The lowest BCUT2D eigenvalue weighted by atomic mass is 10.2. The van der Waals surface area contributed by atoms with Gasteiger partial charge in [0.15, 0.2) is 0 Å². The van der Waals surface area contributed by atoms with Crippen molar-refractivity contribution in [3.8, 4) is 11.5 Å². The largest absolute Gasteiger partial charge is 0.449 e. The van der Waals surface area contributed by atoms with E-state index in [1.54, 1.807) is 6.07 Å². The Kier molecular flexibility index (Phi) is 4.31. The van der Waals surface area contributed by atoms with Crippen LogP contribution in [0.5, 0.6) is 11.5 Å². The van der Waals surface area contributed by atoms with E-state index in [2.05, 4.69) is 15.9 Å². The van der Waals surface area contributed by atoms with Gasteiger partial charge in [0.1, 0.15) is 11.6 Å². The number of rotatable bonds is 4. The van der Waals surface area contributed by atoms with Gasteiger partial charge in [-0.05, 0) is 40.2 Å². The van der Waals surface area contributed by atoms with Crippen LogP contribution in [0.1, 0.15) is 5.56 Å². The molecule has 0 spiro atoms. The van der Waals surface area contributed by atoms with Gasteiger partial charge in [-0.25, -0.2) is 4.39 Å². The van der Waals surface area contributed by atoms with Crippen LogP contribution in [0.3, 0.4) is 0 Å². The fraction of sp³-hybridized carbons (Fsp3) is 0.0769. The predicted molar refractivity (Wildman–Crippen MR) is 75.2 cm³/mol. The van der Waals surface area contributed by atoms with Crippen molar-refractivity contribution in [1.82, 2.24) is 0 Å². The number of nitrogens with two attached hydrogens (primary N) is 1. The smallest absolute Gasteiger partial charge is 0.312 e. The number of ether oxygens (including phenoxy) is 1. The van der Waals surface area contributed by atoms with Gasteiger partial charge in [0, 0.05) is 18.2 Å². The van der Waals surface area contributed by atoms with Gasteiger partial charge >= 0.3 is 5.69 Å². The van der Waals surface area contributed by atoms with E-state index in [9.17, 15) is 14.5 Å². The number of hydrogen-bond donors (Lipinski definition) is 1. The minimum absolute atomic E-state index is 0.0545. The molecule has 0 saturated heterocycles. The minimum atomic E-state index is -0.550. The maximum Gasteiger partial charge on any atom is 0.312 e. The van der Waals surface area contributed by atoms with E-state index in [1.165, 1.54) is 30.3 Å². The van der Waals surface area contributed by atoms with Crippen LogP contribution in [0.25, 0.3) is 0 Å². The van der Waals surface area contributed by atoms with Gasteiger partial charge in [-0.2, -0.15) is 0 Å². The summed E-state index contributed by atoms with van der Waals surface area (Å²) in [5.41, 5.74) is 5.75. The third-order valence-corrected chi connectivity index (χ3v) is 3.22. The lowest BCUT2D eigenvalue weighted by molar-refractivity contribution is -0.385. The average molecular weight is 341 g/mol. The van der Waals surface area contributed by atoms with Crippen LogP contribution >= 0.6 is 15.9 Å². The van der Waals surface area contributed by atoms with Gasteiger partial charge in [0.05, 0.1) is 9.40 Å². The number of nitro groups is 1. The number of nitrogens with zero attached hydrogens (tertiary/aromatic N) is 1. The molecule has 0 saturated carbocycles. The number of benzene rings is 2. The standard InChI is InChI=1S/C13H10BrFN2O3/c14-10-2-1-3-11(17(18)19)13(10)20-12-5-4-9(15)6-8(12)7-16/h1-6H,7,16H2. The van der Waals surface area contributed by atoms with E-state index in [0.29, 0.717) is 10.0 Å². The zero-order valence-electron chi connectivity index (χ0n) is 10.2. The van der Waals surface area contributed by atoms with Crippen molar-refractivity contribution in [3.05, 3.63) is 62.4 Å². The van der Waals surface area contributed by atoms with Gasteiger partial charge in [-0.15, -0.1) is 0 Å². The molecule has 0 aliphatic carbocycles. The molecule has 0 atom stereocenters. The Morgan fingerprint density at radius 2 is 2.10 bits per heavy atom. The Bertz CT molecular complexity index is 664. The van der Waals surface area contributed by atoms with E-state index < -0.39 is 10.7 Å². The van der Waals surface area contributed by atoms with E-state index >= 15 is 0 Å². The molecular weight excluding hydrogens is 331 g/mol. The summed E-state index contributed by atoms with van der Waals surface area (Å²) in [6.07, 6.45) is 0. The summed E-state index contributed by atoms with van der Waals surface area (Å²) in [5, 5.41) is 11.0. The highest BCUT2D eigenvalue weighted by molar-refractivity contribution is 9.10. The number of para-hydroxylation sites is 1. The molecule has 5 nitrogen and oxygen atoms in total.